The Morgan fingerprint density at radius 1 is 0.800 bits per heavy atom. The fraction of sp³-hybridized carbons (Fsp3) is 0.231. The van der Waals surface area contributed by atoms with Gasteiger partial charge in [-0.1, -0.05) is 90.5 Å². The third kappa shape index (κ3) is 5.80. The fourth-order valence-electron chi connectivity index (χ4n) is 3.48. The highest BCUT2D eigenvalue weighted by Gasteiger charge is 2.29. The highest BCUT2D eigenvalue weighted by molar-refractivity contribution is 5.88. The second kappa shape index (κ2) is 10.4. The summed E-state index contributed by atoms with van der Waals surface area (Å²) in [7, 11) is 1.62. The summed E-state index contributed by atoms with van der Waals surface area (Å²) in [6.45, 7) is 2.41. The molecule has 0 spiro atoms. The van der Waals surface area contributed by atoms with E-state index in [0.29, 0.717) is 13.0 Å². The highest BCUT2D eigenvalue weighted by Crippen LogP contribution is 2.16. The number of hydrogen-bond donors (Lipinski definition) is 1. The van der Waals surface area contributed by atoms with E-state index < -0.39 is 6.04 Å². The second-order valence-corrected chi connectivity index (χ2v) is 7.49. The Morgan fingerprint density at radius 3 is 1.93 bits per heavy atom. The van der Waals surface area contributed by atoms with Gasteiger partial charge in [-0.3, -0.25) is 9.59 Å². The Morgan fingerprint density at radius 2 is 1.37 bits per heavy atom. The summed E-state index contributed by atoms with van der Waals surface area (Å²) < 4.78 is 0. The lowest BCUT2D eigenvalue weighted by Gasteiger charge is -2.31. The minimum Gasteiger partial charge on any atom is -0.357 e. The molecule has 4 heteroatoms. The lowest BCUT2D eigenvalue weighted by Crippen LogP contribution is -2.50. The predicted molar refractivity (Wildman–Crippen MR) is 120 cm³/mol. The summed E-state index contributed by atoms with van der Waals surface area (Å²) in [5.74, 6) is -0.223. The van der Waals surface area contributed by atoms with Crippen LogP contribution in [0.3, 0.4) is 0 Å². The summed E-state index contributed by atoms with van der Waals surface area (Å²) in [5.41, 5.74) is 4.11. The zero-order chi connectivity index (χ0) is 21.3. The van der Waals surface area contributed by atoms with E-state index in [1.54, 1.807) is 11.9 Å². The minimum absolute atomic E-state index is 0.0627. The van der Waals surface area contributed by atoms with Gasteiger partial charge in [-0.25, -0.2) is 0 Å². The normalized spacial score (nSPS) is 11.5. The monoisotopic (exact) mass is 400 g/mol. The maximum absolute atomic E-state index is 13.4. The molecule has 2 amide bonds. The van der Waals surface area contributed by atoms with Gasteiger partial charge in [0.05, 0.1) is 6.42 Å². The predicted octanol–water partition coefficient (Wildman–Crippen LogP) is 3.92. The molecule has 0 aliphatic heterocycles. The molecule has 3 aromatic rings. The van der Waals surface area contributed by atoms with E-state index in [1.807, 2.05) is 91.9 Å². The largest absolute Gasteiger partial charge is 0.357 e. The molecule has 0 fully saturated rings. The Balaban J connectivity index is 1.91. The lowest BCUT2D eigenvalue weighted by atomic mass is 10.0. The van der Waals surface area contributed by atoms with Crippen LogP contribution in [-0.2, 0) is 29.0 Å². The molecule has 0 aliphatic carbocycles. The van der Waals surface area contributed by atoms with E-state index in [0.717, 1.165) is 22.3 Å². The quantitative estimate of drug-likeness (QED) is 0.623. The topological polar surface area (TPSA) is 49.4 Å². The first-order valence-corrected chi connectivity index (χ1v) is 10.2. The number of likely N-dealkylation sites (N-methyl/N-ethyl adjacent to an activating group) is 1. The molecule has 3 rings (SSSR count). The molecule has 0 aliphatic rings. The van der Waals surface area contributed by atoms with Gasteiger partial charge in [-0.15, -0.1) is 0 Å². The minimum atomic E-state index is -0.587. The van der Waals surface area contributed by atoms with Gasteiger partial charge in [0.25, 0.3) is 0 Å². The zero-order valence-corrected chi connectivity index (χ0v) is 17.5. The molecule has 154 valence electrons. The molecule has 1 unspecified atom stereocenters. The number of nitrogens with zero attached hydrogens (tertiary/aromatic N) is 1. The van der Waals surface area contributed by atoms with Crippen molar-refractivity contribution >= 4 is 11.8 Å². The summed E-state index contributed by atoms with van der Waals surface area (Å²) in [6, 6.07) is 27.0. The average molecular weight is 401 g/mol. The van der Waals surface area contributed by atoms with E-state index in [4.69, 9.17) is 0 Å². The Hall–Kier alpha value is -3.40. The van der Waals surface area contributed by atoms with E-state index in [2.05, 4.69) is 5.32 Å². The molecule has 0 radical (unpaired) electrons. The summed E-state index contributed by atoms with van der Waals surface area (Å²) >= 11 is 0. The van der Waals surface area contributed by atoms with Crippen LogP contribution in [0, 0.1) is 6.92 Å². The summed E-state index contributed by atoms with van der Waals surface area (Å²) in [4.78, 5) is 28.0. The smallest absolute Gasteiger partial charge is 0.242 e. The summed E-state index contributed by atoms with van der Waals surface area (Å²) in [6.07, 6.45) is 0.725. The second-order valence-electron chi connectivity index (χ2n) is 7.49. The van der Waals surface area contributed by atoms with Gasteiger partial charge in [0.1, 0.15) is 6.04 Å². The van der Waals surface area contributed by atoms with Crippen molar-refractivity contribution in [3.05, 3.63) is 107 Å². The van der Waals surface area contributed by atoms with Gasteiger partial charge >= 0.3 is 0 Å². The van der Waals surface area contributed by atoms with E-state index >= 15 is 0 Å². The van der Waals surface area contributed by atoms with Crippen molar-refractivity contribution in [3.63, 3.8) is 0 Å². The first-order chi connectivity index (χ1) is 14.6. The molecule has 1 N–H and O–H groups in total. The Bertz CT molecular complexity index is 953. The molecular weight excluding hydrogens is 372 g/mol. The van der Waals surface area contributed by atoms with E-state index in [9.17, 15) is 9.59 Å². The van der Waals surface area contributed by atoms with Crippen LogP contribution in [0.15, 0.2) is 84.9 Å². The van der Waals surface area contributed by atoms with Gasteiger partial charge < -0.3 is 10.2 Å². The first kappa shape index (κ1) is 21.3. The van der Waals surface area contributed by atoms with E-state index in [-0.39, 0.29) is 18.2 Å². The Kier molecular flexibility index (Phi) is 7.39. The zero-order valence-electron chi connectivity index (χ0n) is 17.5. The van der Waals surface area contributed by atoms with Crippen LogP contribution >= 0.6 is 0 Å². The standard InChI is InChI=1S/C26H28N2O2/c1-20-13-15-22(16-14-20)18-25(29)28(19-23-11-7-4-8-12-23)24(26(30)27-2)17-21-9-5-3-6-10-21/h3-16,24H,17-19H2,1-2H3,(H,27,30). The van der Waals surface area contributed by atoms with Gasteiger partial charge in [-0.05, 0) is 23.6 Å². The first-order valence-electron chi connectivity index (χ1n) is 10.2. The van der Waals surface area contributed by atoms with Gasteiger partial charge in [-0.2, -0.15) is 0 Å². The number of rotatable bonds is 8. The maximum atomic E-state index is 13.4. The lowest BCUT2D eigenvalue weighted by molar-refractivity contribution is -0.140. The van der Waals surface area contributed by atoms with Gasteiger partial charge in [0, 0.05) is 20.0 Å². The average Bonchev–Trinajstić information content (AvgIpc) is 2.78. The van der Waals surface area contributed by atoms with Crippen LogP contribution in [0.2, 0.25) is 0 Å². The number of aryl methyl sites for hydroxylation is 1. The molecule has 30 heavy (non-hydrogen) atoms. The molecule has 0 saturated heterocycles. The van der Waals surface area contributed by atoms with Gasteiger partial charge in [0.2, 0.25) is 11.8 Å². The third-order valence-corrected chi connectivity index (χ3v) is 5.19. The Labute approximate surface area is 178 Å². The van der Waals surface area contributed by atoms with Crippen molar-refractivity contribution in [2.24, 2.45) is 0 Å². The van der Waals surface area contributed by atoms with Crippen molar-refractivity contribution in [1.82, 2.24) is 10.2 Å². The maximum Gasteiger partial charge on any atom is 0.242 e. The van der Waals surface area contributed by atoms with Crippen LogP contribution in [0.1, 0.15) is 22.3 Å². The van der Waals surface area contributed by atoms with Crippen LogP contribution in [-0.4, -0.2) is 29.8 Å². The van der Waals surface area contributed by atoms with Crippen LogP contribution in [0.4, 0.5) is 0 Å². The third-order valence-electron chi connectivity index (χ3n) is 5.19. The molecule has 0 aromatic heterocycles. The molecule has 1 atom stereocenters. The molecule has 0 heterocycles. The number of nitrogens with one attached hydrogen (secondary N) is 1. The van der Waals surface area contributed by atoms with Crippen LogP contribution in [0.25, 0.3) is 0 Å². The van der Waals surface area contributed by atoms with Crippen molar-refractivity contribution in [2.75, 3.05) is 7.05 Å². The molecule has 0 saturated carbocycles. The number of carbonyl (C=O) groups is 2. The number of amides is 2. The molecule has 3 aromatic carbocycles. The SMILES string of the molecule is CNC(=O)C(Cc1ccccc1)N(Cc1ccccc1)C(=O)Cc1ccc(C)cc1. The number of carbonyl (C=O) groups excluding carboxylic acids is 2. The van der Waals surface area contributed by atoms with Gasteiger partial charge in [0.15, 0.2) is 0 Å². The van der Waals surface area contributed by atoms with Crippen LogP contribution in [0.5, 0.6) is 0 Å². The van der Waals surface area contributed by atoms with Crippen molar-refractivity contribution < 1.29 is 9.59 Å². The number of hydrogen-bond acceptors (Lipinski definition) is 2. The van der Waals surface area contributed by atoms with Crippen molar-refractivity contribution in [3.8, 4) is 0 Å². The van der Waals surface area contributed by atoms with Crippen molar-refractivity contribution in [1.29, 1.82) is 0 Å². The highest BCUT2D eigenvalue weighted by atomic mass is 16.2. The summed E-state index contributed by atoms with van der Waals surface area (Å²) in [5, 5.41) is 2.74. The molecule has 0 bridgehead atoms. The van der Waals surface area contributed by atoms with E-state index in [1.165, 1.54) is 0 Å². The fourth-order valence-corrected chi connectivity index (χ4v) is 3.48. The van der Waals surface area contributed by atoms with Crippen LogP contribution < -0.4 is 5.32 Å². The molecule has 4 nitrogen and oxygen atoms in total. The number of benzene rings is 3. The van der Waals surface area contributed by atoms with Crippen molar-refractivity contribution in [2.45, 2.75) is 32.4 Å². The molecular formula is C26H28N2O2.